The highest BCUT2D eigenvalue weighted by atomic mass is 32.2. The van der Waals surface area contributed by atoms with E-state index in [0.717, 1.165) is 25.7 Å². The first-order valence-electron chi connectivity index (χ1n) is 17.7. The maximum atomic E-state index is 14.5. The third-order valence-corrected chi connectivity index (χ3v) is 11.0. The molecular weight excluding hydrogens is 694 g/mol. The molecule has 4 amide bonds. The Morgan fingerprint density at radius 2 is 1.79 bits per heavy atom. The predicted molar refractivity (Wildman–Crippen MR) is 188 cm³/mol. The summed E-state index contributed by atoms with van der Waals surface area (Å²) in [5.41, 5.74) is -1.81. The quantitative estimate of drug-likeness (QED) is 0.256. The molecular formula is C36H47N5O10S. The molecule has 1 aliphatic heterocycles. The number of carbonyl (C=O) groups is 4. The van der Waals surface area contributed by atoms with Crippen LogP contribution in [-0.4, -0.2) is 91.7 Å². The summed E-state index contributed by atoms with van der Waals surface area (Å²) in [5.74, 6) is -1.67. The van der Waals surface area contributed by atoms with Gasteiger partial charge >= 0.3 is 16.4 Å². The third-order valence-electron chi connectivity index (χ3n) is 10.1. The van der Waals surface area contributed by atoms with E-state index < -0.39 is 75.3 Å². The lowest BCUT2D eigenvalue weighted by molar-refractivity contribution is -0.143. The van der Waals surface area contributed by atoms with Gasteiger partial charge in [0.25, 0.3) is 5.91 Å². The van der Waals surface area contributed by atoms with Crippen LogP contribution in [-0.2, 0) is 33.6 Å². The molecule has 282 valence electrons. The van der Waals surface area contributed by atoms with Crippen molar-refractivity contribution in [1.82, 2.24) is 25.2 Å². The van der Waals surface area contributed by atoms with Crippen molar-refractivity contribution in [2.24, 2.45) is 11.3 Å². The van der Waals surface area contributed by atoms with E-state index in [1.807, 2.05) is 4.72 Å². The van der Waals surface area contributed by atoms with Gasteiger partial charge in [-0.2, -0.15) is 8.42 Å². The second-order valence-corrected chi connectivity index (χ2v) is 16.4. The molecule has 0 bridgehead atoms. The molecule has 4 unspecified atom stereocenters. The summed E-state index contributed by atoms with van der Waals surface area (Å²) in [6, 6.07) is 4.79. The fourth-order valence-corrected chi connectivity index (χ4v) is 7.93. The molecule has 2 heterocycles. The van der Waals surface area contributed by atoms with Gasteiger partial charge in [0, 0.05) is 30.0 Å². The van der Waals surface area contributed by atoms with Gasteiger partial charge in [0.2, 0.25) is 11.8 Å². The Morgan fingerprint density at radius 1 is 1.06 bits per heavy atom. The highest BCUT2D eigenvalue weighted by molar-refractivity contribution is 7.85. The van der Waals surface area contributed by atoms with Gasteiger partial charge in [0.15, 0.2) is 0 Å². The molecule has 52 heavy (non-hydrogen) atoms. The van der Waals surface area contributed by atoms with Gasteiger partial charge in [-0.3, -0.25) is 23.6 Å². The highest BCUT2D eigenvalue weighted by Gasteiger charge is 2.62. The van der Waals surface area contributed by atoms with Crippen LogP contribution in [0.2, 0.25) is 0 Å². The number of alkyl carbamates (subject to hydrolysis) is 1. The topological polar surface area (TPSA) is 192 Å². The van der Waals surface area contributed by atoms with Crippen LogP contribution in [0.25, 0.3) is 10.9 Å². The van der Waals surface area contributed by atoms with Crippen LogP contribution >= 0.6 is 0 Å². The van der Waals surface area contributed by atoms with Crippen molar-refractivity contribution < 1.29 is 46.0 Å². The van der Waals surface area contributed by atoms with E-state index in [0.29, 0.717) is 35.2 Å². The summed E-state index contributed by atoms with van der Waals surface area (Å²) < 4.78 is 49.4. The molecule has 5 atom stereocenters. The zero-order valence-corrected chi connectivity index (χ0v) is 30.7. The van der Waals surface area contributed by atoms with E-state index in [9.17, 15) is 27.6 Å². The fourth-order valence-electron chi connectivity index (χ4n) is 6.92. The van der Waals surface area contributed by atoms with E-state index in [-0.39, 0.29) is 25.5 Å². The first-order valence-corrected chi connectivity index (χ1v) is 19.1. The van der Waals surface area contributed by atoms with Gasteiger partial charge in [-0.1, -0.05) is 26.8 Å². The SMILES string of the molecule is C=CC1C[C@]1(NC(=O)C1CC(Oc2ccnc3cc(OC)ccc23)CN1C(=O)C(NC(=O)OC1CCCC1)C(C)(C)C)C(=O)NS(=O)(=O)OC1CC1. The minimum atomic E-state index is -4.42. The lowest BCUT2D eigenvalue weighted by Crippen LogP contribution is -2.60. The number of nitrogens with zero attached hydrogens (tertiary/aromatic N) is 2. The molecule has 1 aromatic heterocycles. The number of hydrogen-bond donors (Lipinski definition) is 3. The molecule has 2 aromatic rings. The van der Waals surface area contributed by atoms with Gasteiger partial charge in [-0.25, -0.2) is 9.52 Å². The largest absolute Gasteiger partial charge is 0.497 e. The Balaban J connectivity index is 1.26. The number of benzene rings is 1. The Kier molecular flexibility index (Phi) is 10.4. The lowest BCUT2D eigenvalue weighted by Gasteiger charge is -2.35. The average Bonchev–Trinajstić information content (AvgIpc) is 3.92. The number of hydrogen-bond acceptors (Lipinski definition) is 11. The van der Waals surface area contributed by atoms with Crippen molar-refractivity contribution in [3.63, 3.8) is 0 Å². The van der Waals surface area contributed by atoms with Crippen LogP contribution < -0.4 is 24.8 Å². The number of aromatic nitrogens is 1. The number of carbonyl (C=O) groups excluding carboxylic acids is 4. The molecule has 0 radical (unpaired) electrons. The minimum Gasteiger partial charge on any atom is -0.497 e. The van der Waals surface area contributed by atoms with Crippen molar-refractivity contribution in [2.75, 3.05) is 13.7 Å². The fraction of sp³-hybridized carbons (Fsp3) is 0.583. The summed E-state index contributed by atoms with van der Waals surface area (Å²) in [5, 5.41) is 6.20. The zero-order valence-electron chi connectivity index (χ0n) is 29.9. The second kappa shape index (κ2) is 14.5. The van der Waals surface area contributed by atoms with Crippen molar-refractivity contribution in [2.45, 2.75) is 108 Å². The van der Waals surface area contributed by atoms with Crippen LogP contribution in [0.5, 0.6) is 11.5 Å². The van der Waals surface area contributed by atoms with Gasteiger partial charge in [0.1, 0.15) is 41.3 Å². The number of fused-ring (bicyclic) bond motifs is 1. The normalized spacial score (nSPS) is 25.2. The van der Waals surface area contributed by atoms with Gasteiger partial charge in [-0.05, 0) is 68.6 Å². The van der Waals surface area contributed by atoms with Gasteiger partial charge in [-0.15, -0.1) is 6.58 Å². The third kappa shape index (κ3) is 8.27. The summed E-state index contributed by atoms with van der Waals surface area (Å²) in [7, 11) is -2.87. The van der Waals surface area contributed by atoms with Crippen LogP contribution in [0.4, 0.5) is 4.79 Å². The van der Waals surface area contributed by atoms with E-state index in [1.165, 1.54) is 11.0 Å². The van der Waals surface area contributed by atoms with E-state index in [4.69, 9.17) is 18.4 Å². The summed E-state index contributed by atoms with van der Waals surface area (Å²) >= 11 is 0. The number of rotatable bonds is 13. The monoisotopic (exact) mass is 741 g/mol. The van der Waals surface area contributed by atoms with Crippen molar-refractivity contribution >= 4 is 45.0 Å². The summed E-state index contributed by atoms with van der Waals surface area (Å²) in [6.45, 7) is 9.11. The molecule has 4 aliphatic rings. The second-order valence-electron chi connectivity index (χ2n) is 15.1. The average molecular weight is 742 g/mol. The van der Waals surface area contributed by atoms with Crippen LogP contribution in [0, 0.1) is 11.3 Å². The van der Waals surface area contributed by atoms with E-state index in [1.54, 1.807) is 58.3 Å². The molecule has 3 aliphatic carbocycles. The van der Waals surface area contributed by atoms with Crippen molar-refractivity contribution in [1.29, 1.82) is 0 Å². The molecule has 6 rings (SSSR count). The number of pyridine rings is 1. The van der Waals surface area contributed by atoms with Crippen molar-refractivity contribution in [3.05, 3.63) is 43.1 Å². The predicted octanol–water partition coefficient (Wildman–Crippen LogP) is 3.28. The van der Waals surface area contributed by atoms with E-state index >= 15 is 0 Å². The molecule has 1 saturated heterocycles. The summed E-state index contributed by atoms with van der Waals surface area (Å²) in [4.78, 5) is 61.0. The van der Waals surface area contributed by atoms with E-state index in [2.05, 4.69) is 22.2 Å². The number of ether oxygens (including phenoxy) is 3. The first kappa shape index (κ1) is 37.3. The number of likely N-dealkylation sites (tertiary alicyclic amines) is 1. The summed E-state index contributed by atoms with van der Waals surface area (Å²) in [6.07, 6.45) is 5.59. The van der Waals surface area contributed by atoms with Gasteiger partial charge in [0.05, 0.1) is 25.3 Å². The molecule has 4 fully saturated rings. The maximum absolute atomic E-state index is 14.5. The maximum Gasteiger partial charge on any atom is 0.408 e. The molecule has 15 nitrogen and oxygen atoms in total. The number of amides is 4. The molecule has 3 saturated carbocycles. The molecule has 0 spiro atoms. The Morgan fingerprint density at radius 3 is 2.42 bits per heavy atom. The number of nitrogens with one attached hydrogen (secondary N) is 3. The van der Waals surface area contributed by atoms with Gasteiger partial charge < -0.3 is 29.7 Å². The standard InChI is InChI=1S/C36H47N5O10S/c1-6-21-19-36(21,33(44)40-52(46,47)51-23-11-12-23)39-31(42)28-18-25(49-29-15-16-37-27-17-24(48-5)13-14-26(27)29)20-41(28)32(43)30(35(2,3)4)38-34(45)50-22-9-7-8-10-22/h6,13-17,21-23,25,28,30H,1,7-12,18-20H2,2-5H3,(H,38,45)(H,39,42)(H,40,44)/t21?,25?,28?,30?,36-/m1/s1. The Bertz CT molecular complexity index is 1840. The van der Waals surface area contributed by atoms with Crippen molar-refractivity contribution in [3.8, 4) is 11.5 Å². The highest BCUT2D eigenvalue weighted by Crippen LogP contribution is 2.45. The van der Waals surface area contributed by atoms with Crippen LogP contribution in [0.3, 0.4) is 0 Å². The van der Waals surface area contributed by atoms with Crippen LogP contribution in [0.1, 0.15) is 72.1 Å². The molecule has 3 N–H and O–H groups in total. The smallest absolute Gasteiger partial charge is 0.408 e. The Labute approximate surface area is 303 Å². The van der Waals surface area contributed by atoms with Crippen LogP contribution in [0.15, 0.2) is 43.1 Å². The lowest BCUT2D eigenvalue weighted by atomic mass is 9.85. The molecule has 1 aromatic carbocycles. The number of methoxy groups -OCH3 is 1. The minimum absolute atomic E-state index is 0.0282. The Hall–Kier alpha value is -4.44. The zero-order chi connectivity index (χ0) is 37.4. The first-order chi connectivity index (χ1) is 24.6. The molecule has 16 heteroatoms.